The molecular formula is C11H18O2. The minimum absolute atomic E-state index is 0.233. The summed E-state index contributed by atoms with van der Waals surface area (Å²) in [6.45, 7) is 5.50. The number of epoxide rings is 2. The zero-order valence-electron chi connectivity index (χ0n) is 8.51. The maximum atomic E-state index is 5.71. The normalized spacial score (nSPS) is 58.6. The van der Waals surface area contributed by atoms with Crippen molar-refractivity contribution >= 4 is 0 Å². The molecule has 13 heavy (non-hydrogen) atoms. The van der Waals surface area contributed by atoms with Crippen LogP contribution >= 0.6 is 0 Å². The molecule has 0 aromatic carbocycles. The van der Waals surface area contributed by atoms with E-state index in [0.29, 0.717) is 6.10 Å². The summed E-state index contributed by atoms with van der Waals surface area (Å²) in [6.07, 6.45) is 5.56. The van der Waals surface area contributed by atoms with Crippen molar-refractivity contribution in [1.82, 2.24) is 0 Å². The van der Waals surface area contributed by atoms with E-state index in [2.05, 4.69) is 13.8 Å². The Morgan fingerprint density at radius 3 is 2.69 bits per heavy atom. The monoisotopic (exact) mass is 182 g/mol. The van der Waals surface area contributed by atoms with E-state index in [1.54, 1.807) is 0 Å². The number of hydrogen-bond donors (Lipinski definition) is 0. The van der Waals surface area contributed by atoms with Gasteiger partial charge in [-0.05, 0) is 38.5 Å². The highest BCUT2D eigenvalue weighted by Gasteiger charge is 2.61. The fraction of sp³-hybridized carbons (Fsp3) is 1.00. The van der Waals surface area contributed by atoms with Crippen molar-refractivity contribution in [3.8, 4) is 0 Å². The van der Waals surface area contributed by atoms with Gasteiger partial charge in [0.25, 0.3) is 0 Å². The van der Waals surface area contributed by atoms with Crippen molar-refractivity contribution < 1.29 is 9.47 Å². The molecule has 0 N–H and O–H groups in total. The molecule has 2 aliphatic heterocycles. The SMILES string of the molecule is CCC1(C2CCC3OC3(C)C2)CO1. The third-order valence-corrected chi connectivity index (χ3v) is 4.32. The van der Waals surface area contributed by atoms with Crippen molar-refractivity contribution in [3.05, 3.63) is 0 Å². The number of hydrogen-bond acceptors (Lipinski definition) is 2. The highest BCUT2D eigenvalue weighted by Crippen LogP contribution is 2.55. The molecule has 0 bridgehead atoms. The molecule has 2 heteroatoms. The summed E-state index contributed by atoms with van der Waals surface area (Å²) in [5.41, 5.74) is 0.497. The van der Waals surface area contributed by atoms with Gasteiger partial charge < -0.3 is 9.47 Å². The predicted octanol–water partition coefficient (Wildman–Crippen LogP) is 2.12. The molecule has 0 aromatic rings. The van der Waals surface area contributed by atoms with E-state index in [-0.39, 0.29) is 11.2 Å². The van der Waals surface area contributed by atoms with Gasteiger partial charge in [0, 0.05) is 0 Å². The Balaban J connectivity index is 1.72. The van der Waals surface area contributed by atoms with E-state index in [1.807, 2.05) is 0 Å². The second kappa shape index (κ2) is 2.29. The molecule has 0 radical (unpaired) electrons. The number of ether oxygens (including phenoxy) is 2. The Bertz CT molecular complexity index is 234. The summed E-state index contributed by atoms with van der Waals surface area (Å²) in [6, 6.07) is 0. The van der Waals surface area contributed by atoms with Gasteiger partial charge in [-0.2, -0.15) is 0 Å². The average Bonchev–Trinajstić information content (AvgIpc) is 2.97. The molecule has 74 valence electrons. The summed E-state index contributed by atoms with van der Waals surface area (Å²) in [4.78, 5) is 0. The summed E-state index contributed by atoms with van der Waals surface area (Å²) in [5, 5.41) is 0. The fourth-order valence-corrected chi connectivity index (χ4v) is 3.05. The van der Waals surface area contributed by atoms with Crippen molar-refractivity contribution in [1.29, 1.82) is 0 Å². The van der Waals surface area contributed by atoms with Crippen molar-refractivity contribution in [2.75, 3.05) is 6.61 Å². The first kappa shape index (κ1) is 8.25. The van der Waals surface area contributed by atoms with E-state index < -0.39 is 0 Å². The lowest BCUT2D eigenvalue weighted by Crippen LogP contribution is -2.32. The minimum atomic E-state index is 0.233. The Morgan fingerprint density at radius 1 is 1.38 bits per heavy atom. The first-order valence-electron chi connectivity index (χ1n) is 5.50. The van der Waals surface area contributed by atoms with Gasteiger partial charge in [-0.25, -0.2) is 0 Å². The van der Waals surface area contributed by atoms with Crippen LogP contribution in [0.5, 0.6) is 0 Å². The lowest BCUT2D eigenvalue weighted by molar-refractivity contribution is 0.156. The summed E-state index contributed by atoms with van der Waals surface area (Å²) < 4.78 is 11.3. The van der Waals surface area contributed by atoms with Gasteiger partial charge >= 0.3 is 0 Å². The third kappa shape index (κ3) is 1.08. The Kier molecular flexibility index (Phi) is 1.45. The molecule has 3 fully saturated rings. The number of fused-ring (bicyclic) bond motifs is 1. The van der Waals surface area contributed by atoms with Gasteiger partial charge in [-0.3, -0.25) is 0 Å². The van der Waals surface area contributed by atoms with Crippen molar-refractivity contribution in [2.24, 2.45) is 5.92 Å². The zero-order valence-corrected chi connectivity index (χ0v) is 8.51. The number of rotatable bonds is 2. The first-order chi connectivity index (χ1) is 6.19. The lowest BCUT2D eigenvalue weighted by atomic mass is 9.75. The Labute approximate surface area is 79.6 Å². The summed E-state index contributed by atoms with van der Waals surface area (Å²) in [7, 11) is 0. The van der Waals surface area contributed by atoms with Crippen LogP contribution in [0.15, 0.2) is 0 Å². The van der Waals surface area contributed by atoms with E-state index in [9.17, 15) is 0 Å². The quantitative estimate of drug-likeness (QED) is 0.611. The van der Waals surface area contributed by atoms with Gasteiger partial charge in [0.2, 0.25) is 0 Å². The van der Waals surface area contributed by atoms with Gasteiger partial charge in [0.1, 0.15) is 0 Å². The Hall–Kier alpha value is -0.0800. The average molecular weight is 182 g/mol. The standard InChI is InChI=1S/C11H18O2/c1-3-11(7-12-11)8-4-5-9-10(2,6-8)13-9/h8-9H,3-7H2,1-2H3. The minimum Gasteiger partial charge on any atom is -0.369 e. The van der Waals surface area contributed by atoms with Crippen molar-refractivity contribution in [3.63, 3.8) is 0 Å². The maximum absolute atomic E-state index is 5.71. The molecule has 3 aliphatic rings. The van der Waals surface area contributed by atoms with E-state index in [4.69, 9.17) is 9.47 Å². The maximum Gasteiger partial charge on any atom is 0.0943 e. The molecule has 2 saturated heterocycles. The molecule has 1 aliphatic carbocycles. The van der Waals surface area contributed by atoms with Gasteiger partial charge in [-0.1, -0.05) is 6.92 Å². The second-order valence-electron chi connectivity index (χ2n) is 5.10. The van der Waals surface area contributed by atoms with Gasteiger partial charge in [0.05, 0.1) is 23.9 Å². The molecule has 0 amide bonds. The molecule has 2 heterocycles. The van der Waals surface area contributed by atoms with Crippen LogP contribution in [0.25, 0.3) is 0 Å². The molecule has 4 unspecified atom stereocenters. The smallest absolute Gasteiger partial charge is 0.0943 e. The summed E-state index contributed by atoms with van der Waals surface area (Å²) >= 11 is 0. The highest BCUT2D eigenvalue weighted by atomic mass is 16.6. The van der Waals surface area contributed by atoms with Crippen LogP contribution in [0.1, 0.15) is 39.5 Å². The van der Waals surface area contributed by atoms with Crippen LogP contribution in [0.3, 0.4) is 0 Å². The molecule has 1 saturated carbocycles. The Morgan fingerprint density at radius 2 is 2.15 bits per heavy atom. The molecule has 2 nitrogen and oxygen atoms in total. The topological polar surface area (TPSA) is 25.1 Å². The third-order valence-electron chi connectivity index (χ3n) is 4.32. The molecule has 0 aromatic heterocycles. The van der Waals surface area contributed by atoms with Crippen LogP contribution < -0.4 is 0 Å². The van der Waals surface area contributed by atoms with Crippen LogP contribution in [-0.4, -0.2) is 23.9 Å². The highest BCUT2D eigenvalue weighted by molar-refractivity contribution is 5.10. The zero-order chi connectivity index (χ0) is 9.10. The van der Waals surface area contributed by atoms with Gasteiger partial charge in [0.15, 0.2) is 0 Å². The van der Waals surface area contributed by atoms with Crippen LogP contribution in [0, 0.1) is 5.92 Å². The van der Waals surface area contributed by atoms with Gasteiger partial charge in [-0.15, -0.1) is 0 Å². The van der Waals surface area contributed by atoms with Crippen LogP contribution in [-0.2, 0) is 9.47 Å². The van der Waals surface area contributed by atoms with E-state index in [0.717, 1.165) is 12.5 Å². The largest absolute Gasteiger partial charge is 0.369 e. The van der Waals surface area contributed by atoms with E-state index >= 15 is 0 Å². The second-order valence-corrected chi connectivity index (χ2v) is 5.10. The van der Waals surface area contributed by atoms with Crippen LogP contribution in [0.4, 0.5) is 0 Å². The van der Waals surface area contributed by atoms with Crippen LogP contribution in [0.2, 0.25) is 0 Å². The van der Waals surface area contributed by atoms with Crippen molar-refractivity contribution in [2.45, 2.75) is 56.8 Å². The lowest BCUT2D eigenvalue weighted by Gasteiger charge is -2.28. The molecule has 3 rings (SSSR count). The molecule has 4 atom stereocenters. The predicted molar refractivity (Wildman–Crippen MR) is 49.6 cm³/mol. The first-order valence-corrected chi connectivity index (χ1v) is 5.50. The van der Waals surface area contributed by atoms with E-state index in [1.165, 1.54) is 25.7 Å². The fourth-order valence-electron chi connectivity index (χ4n) is 3.05. The molecule has 0 spiro atoms. The summed E-state index contributed by atoms with van der Waals surface area (Å²) in [5.74, 6) is 0.765. The molecular weight excluding hydrogens is 164 g/mol.